The zero-order valence-corrected chi connectivity index (χ0v) is 18.3. The van der Waals surface area contributed by atoms with E-state index in [9.17, 15) is 14.4 Å². The quantitative estimate of drug-likeness (QED) is 0.557. The summed E-state index contributed by atoms with van der Waals surface area (Å²) in [6, 6.07) is -0.355. The average Bonchev–Trinajstić information content (AvgIpc) is 3.48. The van der Waals surface area contributed by atoms with Gasteiger partial charge in [-0.05, 0) is 44.1 Å². The molecule has 3 aliphatic rings. The van der Waals surface area contributed by atoms with E-state index >= 15 is 0 Å². The smallest absolute Gasteiger partial charge is 0.324 e. The zero-order chi connectivity index (χ0) is 20.7. The molecular weight excluding hydrogens is 424 g/mol. The Morgan fingerprint density at radius 3 is 2.90 bits per heavy atom. The summed E-state index contributed by atoms with van der Waals surface area (Å²) in [5.41, 5.74) is 1.14. The van der Waals surface area contributed by atoms with Gasteiger partial charge in [0.1, 0.15) is 4.83 Å². The zero-order valence-electron chi connectivity index (χ0n) is 16.6. The highest BCUT2D eigenvalue weighted by molar-refractivity contribution is 7.99. The van der Waals surface area contributed by atoms with Gasteiger partial charge in [0.15, 0.2) is 5.16 Å². The van der Waals surface area contributed by atoms with Gasteiger partial charge in [-0.1, -0.05) is 11.8 Å². The molecule has 2 aromatic heterocycles. The molecule has 1 N–H and O–H groups in total. The van der Waals surface area contributed by atoms with Crippen molar-refractivity contribution in [1.82, 2.24) is 19.8 Å². The number of nitrogens with zero attached hydrogens (tertiary/aromatic N) is 3. The summed E-state index contributed by atoms with van der Waals surface area (Å²) in [7, 11) is 0. The Balaban J connectivity index is 1.49. The minimum absolute atomic E-state index is 0.00387. The molecule has 10 heteroatoms. The first-order valence-corrected chi connectivity index (χ1v) is 12.3. The second-order valence-electron chi connectivity index (χ2n) is 7.90. The third-order valence-corrected chi connectivity index (χ3v) is 8.08. The molecule has 2 aliphatic heterocycles. The lowest BCUT2D eigenvalue weighted by atomic mass is 9.97. The predicted octanol–water partition coefficient (Wildman–Crippen LogP) is 2.16. The van der Waals surface area contributed by atoms with E-state index < -0.39 is 0 Å². The molecule has 1 atom stereocenters. The number of hydrogen-bond donors (Lipinski definition) is 1. The molecule has 30 heavy (non-hydrogen) atoms. The van der Waals surface area contributed by atoms with Gasteiger partial charge in [0, 0.05) is 24.6 Å². The number of fused-ring (bicyclic) bond motifs is 3. The van der Waals surface area contributed by atoms with Crippen LogP contribution in [0.2, 0.25) is 0 Å². The van der Waals surface area contributed by atoms with E-state index in [-0.39, 0.29) is 29.4 Å². The van der Waals surface area contributed by atoms with E-state index in [0.717, 1.165) is 48.7 Å². The van der Waals surface area contributed by atoms with Crippen molar-refractivity contribution >= 4 is 45.3 Å². The Labute approximate surface area is 182 Å². The van der Waals surface area contributed by atoms with Crippen LogP contribution in [0.3, 0.4) is 0 Å². The van der Waals surface area contributed by atoms with Gasteiger partial charge in [-0.3, -0.25) is 19.1 Å². The molecule has 0 saturated carbocycles. The number of nitrogens with one attached hydrogen (secondary N) is 1. The Bertz CT molecular complexity index is 1060. The van der Waals surface area contributed by atoms with Crippen molar-refractivity contribution in [3.63, 3.8) is 0 Å². The summed E-state index contributed by atoms with van der Waals surface area (Å²) >= 11 is 2.85. The SMILES string of the molecule is O=C(CSc1nc2sc3c(c2c(=O)n1CC1CCCO1)CCCC3)N1CCNC1=O. The molecule has 8 nitrogen and oxygen atoms in total. The first-order chi connectivity index (χ1) is 14.6. The van der Waals surface area contributed by atoms with Crippen LogP contribution in [0.1, 0.15) is 36.1 Å². The van der Waals surface area contributed by atoms with Crippen molar-refractivity contribution in [2.75, 3.05) is 25.4 Å². The molecule has 160 valence electrons. The maximum absolute atomic E-state index is 13.5. The Hall–Kier alpha value is -1.91. The molecule has 2 aromatic rings. The summed E-state index contributed by atoms with van der Waals surface area (Å²) in [5, 5.41) is 3.93. The molecule has 3 amide bonds. The van der Waals surface area contributed by atoms with Gasteiger partial charge >= 0.3 is 6.03 Å². The summed E-state index contributed by atoms with van der Waals surface area (Å²) in [6.07, 6.45) is 6.10. The first kappa shape index (κ1) is 20.0. The number of carbonyl (C=O) groups is 2. The van der Waals surface area contributed by atoms with Gasteiger partial charge in [0.2, 0.25) is 5.91 Å². The van der Waals surface area contributed by atoms with Crippen LogP contribution < -0.4 is 10.9 Å². The van der Waals surface area contributed by atoms with Gasteiger partial charge in [-0.15, -0.1) is 11.3 Å². The highest BCUT2D eigenvalue weighted by atomic mass is 32.2. The molecule has 0 spiro atoms. The maximum atomic E-state index is 13.5. The fourth-order valence-electron chi connectivity index (χ4n) is 4.40. The maximum Gasteiger partial charge on any atom is 0.324 e. The van der Waals surface area contributed by atoms with Crippen LogP contribution in [-0.2, 0) is 28.9 Å². The number of urea groups is 1. The Morgan fingerprint density at radius 2 is 2.13 bits per heavy atom. The van der Waals surface area contributed by atoms with Crippen LogP contribution in [-0.4, -0.2) is 57.9 Å². The van der Waals surface area contributed by atoms with Gasteiger partial charge in [0.05, 0.1) is 23.8 Å². The van der Waals surface area contributed by atoms with Crippen LogP contribution >= 0.6 is 23.1 Å². The molecule has 0 aromatic carbocycles. The number of aromatic nitrogens is 2. The number of carbonyl (C=O) groups excluding carboxylic acids is 2. The average molecular weight is 449 g/mol. The molecule has 1 unspecified atom stereocenters. The van der Waals surface area contributed by atoms with Crippen LogP contribution in [0, 0.1) is 0 Å². The standard InChI is InChI=1S/C20H24N4O4S2/c25-15(23-8-7-21-19(23)27)11-29-20-22-17-16(13-5-1-2-6-14(13)30-17)18(26)24(20)10-12-4-3-9-28-12/h12H,1-11H2,(H,21,27). The third kappa shape index (κ3) is 3.65. The summed E-state index contributed by atoms with van der Waals surface area (Å²) in [5.74, 6) is -0.194. The second-order valence-corrected chi connectivity index (χ2v) is 9.93. The van der Waals surface area contributed by atoms with E-state index in [1.54, 1.807) is 15.9 Å². The molecule has 5 rings (SSSR count). The second kappa shape index (κ2) is 8.32. The Kier molecular flexibility index (Phi) is 5.55. The molecular formula is C20H24N4O4S2. The minimum Gasteiger partial charge on any atom is -0.376 e. The van der Waals surface area contributed by atoms with E-state index in [0.29, 0.717) is 31.4 Å². The van der Waals surface area contributed by atoms with Crippen molar-refractivity contribution < 1.29 is 14.3 Å². The number of imide groups is 1. The van der Waals surface area contributed by atoms with Crippen molar-refractivity contribution in [2.45, 2.75) is 56.3 Å². The van der Waals surface area contributed by atoms with E-state index in [2.05, 4.69) is 5.32 Å². The van der Waals surface area contributed by atoms with Crippen molar-refractivity contribution in [3.05, 3.63) is 20.8 Å². The number of amides is 3. The largest absolute Gasteiger partial charge is 0.376 e. The van der Waals surface area contributed by atoms with Crippen LogP contribution in [0.25, 0.3) is 10.2 Å². The van der Waals surface area contributed by atoms with Crippen LogP contribution in [0.5, 0.6) is 0 Å². The fourth-order valence-corrected chi connectivity index (χ4v) is 6.58. The molecule has 1 aliphatic carbocycles. The molecule has 4 heterocycles. The highest BCUT2D eigenvalue weighted by Crippen LogP contribution is 2.35. The third-order valence-electron chi connectivity index (χ3n) is 5.93. The van der Waals surface area contributed by atoms with Crippen LogP contribution in [0.15, 0.2) is 9.95 Å². The monoisotopic (exact) mass is 448 g/mol. The van der Waals surface area contributed by atoms with Crippen molar-refractivity contribution in [1.29, 1.82) is 0 Å². The molecule has 2 saturated heterocycles. The number of hydrogen-bond acceptors (Lipinski definition) is 7. The predicted molar refractivity (Wildman–Crippen MR) is 115 cm³/mol. The summed E-state index contributed by atoms with van der Waals surface area (Å²) in [4.78, 5) is 45.9. The lowest BCUT2D eigenvalue weighted by molar-refractivity contribution is -0.124. The number of thiophene rings is 1. The fraction of sp³-hybridized carbons (Fsp3) is 0.600. The van der Waals surface area contributed by atoms with E-state index in [1.807, 2.05) is 0 Å². The normalized spacial score (nSPS) is 21.3. The summed E-state index contributed by atoms with van der Waals surface area (Å²) < 4.78 is 7.47. The topological polar surface area (TPSA) is 93.5 Å². The minimum atomic E-state index is -0.355. The number of rotatable bonds is 5. The lowest BCUT2D eigenvalue weighted by Crippen LogP contribution is -2.35. The molecule has 0 radical (unpaired) electrons. The highest BCUT2D eigenvalue weighted by Gasteiger charge is 2.28. The van der Waals surface area contributed by atoms with Crippen LogP contribution in [0.4, 0.5) is 4.79 Å². The van der Waals surface area contributed by atoms with Crippen molar-refractivity contribution in [3.8, 4) is 0 Å². The van der Waals surface area contributed by atoms with Crippen molar-refractivity contribution in [2.24, 2.45) is 0 Å². The summed E-state index contributed by atoms with van der Waals surface area (Å²) in [6.45, 7) is 2.02. The van der Waals surface area contributed by atoms with Gasteiger partial charge < -0.3 is 10.1 Å². The van der Waals surface area contributed by atoms with Gasteiger partial charge in [0.25, 0.3) is 5.56 Å². The van der Waals surface area contributed by atoms with E-state index in [1.165, 1.54) is 27.1 Å². The Morgan fingerprint density at radius 1 is 1.27 bits per heavy atom. The first-order valence-electron chi connectivity index (χ1n) is 10.5. The molecule has 0 bridgehead atoms. The number of thioether (sulfide) groups is 1. The van der Waals surface area contributed by atoms with E-state index in [4.69, 9.17) is 9.72 Å². The van der Waals surface area contributed by atoms with Gasteiger partial charge in [-0.25, -0.2) is 9.78 Å². The van der Waals surface area contributed by atoms with Gasteiger partial charge in [-0.2, -0.15) is 0 Å². The molecule has 2 fully saturated rings. The number of aryl methyl sites for hydroxylation is 2. The number of ether oxygens (including phenoxy) is 1. The lowest BCUT2D eigenvalue weighted by Gasteiger charge is -2.17.